The Morgan fingerprint density at radius 2 is 1.91 bits per heavy atom. The van der Waals surface area contributed by atoms with Crippen molar-refractivity contribution in [2.45, 2.75) is 19.3 Å². The van der Waals surface area contributed by atoms with Crippen molar-refractivity contribution < 1.29 is 14.3 Å². The molecular formula is C25H18Cl2N2O3S. The van der Waals surface area contributed by atoms with Gasteiger partial charge in [0.1, 0.15) is 5.00 Å². The van der Waals surface area contributed by atoms with Crippen LogP contribution in [0.25, 0.3) is 22.2 Å². The molecule has 0 spiro atoms. The summed E-state index contributed by atoms with van der Waals surface area (Å²) in [5, 5.41) is 5.14. The van der Waals surface area contributed by atoms with E-state index in [1.165, 1.54) is 18.4 Å². The van der Waals surface area contributed by atoms with Crippen LogP contribution in [-0.4, -0.2) is 24.0 Å². The highest BCUT2D eigenvalue weighted by Crippen LogP contribution is 2.40. The van der Waals surface area contributed by atoms with Gasteiger partial charge in [0.2, 0.25) is 0 Å². The Morgan fingerprint density at radius 3 is 2.70 bits per heavy atom. The lowest BCUT2D eigenvalue weighted by atomic mass is 10.0. The Balaban J connectivity index is 1.60. The zero-order valence-corrected chi connectivity index (χ0v) is 19.9. The van der Waals surface area contributed by atoms with Crippen molar-refractivity contribution in [2.24, 2.45) is 0 Å². The molecule has 1 N–H and O–H groups in total. The standard InChI is InChI=1S/C25H18Cl2N2O3S/c1-32-25(31)22-16-6-4-8-21(16)33-24(22)29-23(30)17-12-20(15-10-9-13(26)11-18(15)27)28-19-7-3-2-5-14(17)19/h2-3,5,7,9-12H,4,6,8H2,1H3,(H,29,30). The highest BCUT2D eigenvalue weighted by atomic mass is 35.5. The van der Waals surface area contributed by atoms with Crippen LogP contribution in [0.2, 0.25) is 10.0 Å². The molecule has 2 aromatic carbocycles. The second-order valence-corrected chi connectivity index (χ2v) is 9.65. The van der Waals surface area contributed by atoms with Crippen molar-refractivity contribution >= 4 is 62.3 Å². The SMILES string of the molecule is COC(=O)c1c(NC(=O)c2cc(-c3ccc(Cl)cc3Cl)nc3ccccc23)sc2c1CCC2. The number of rotatable bonds is 4. The summed E-state index contributed by atoms with van der Waals surface area (Å²) in [6, 6.07) is 14.3. The summed E-state index contributed by atoms with van der Waals surface area (Å²) in [6.45, 7) is 0. The second kappa shape index (κ2) is 8.78. The lowest BCUT2D eigenvalue weighted by Gasteiger charge is -2.12. The number of aryl methyl sites for hydroxylation is 1. The van der Waals surface area contributed by atoms with E-state index >= 15 is 0 Å². The zero-order chi connectivity index (χ0) is 23.1. The van der Waals surface area contributed by atoms with Gasteiger partial charge in [0.15, 0.2) is 0 Å². The van der Waals surface area contributed by atoms with Crippen molar-refractivity contribution in [2.75, 3.05) is 12.4 Å². The topological polar surface area (TPSA) is 68.3 Å². The number of carbonyl (C=O) groups is 2. The van der Waals surface area contributed by atoms with Crippen LogP contribution in [0.5, 0.6) is 0 Å². The maximum absolute atomic E-state index is 13.5. The number of para-hydroxylation sites is 1. The highest BCUT2D eigenvalue weighted by Gasteiger charge is 2.28. The van der Waals surface area contributed by atoms with Crippen LogP contribution < -0.4 is 5.32 Å². The molecule has 0 atom stereocenters. The van der Waals surface area contributed by atoms with Crippen LogP contribution in [0.15, 0.2) is 48.5 Å². The van der Waals surface area contributed by atoms with Gasteiger partial charge in [-0.05, 0) is 55.2 Å². The number of pyridine rings is 1. The van der Waals surface area contributed by atoms with Gasteiger partial charge in [-0.3, -0.25) is 4.79 Å². The van der Waals surface area contributed by atoms with Gasteiger partial charge in [0.05, 0.1) is 34.5 Å². The van der Waals surface area contributed by atoms with E-state index in [0.717, 1.165) is 29.7 Å². The summed E-state index contributed by atoms with van der Waals surface area (Å²) < 4.78 is 5.00. The number of hydrogen-bond donors (Lipinski definition) is 1. The van der Waals surface area contributed by atoms with Crippen LogP contribution >= 0.6 is 34.5 Å². The van der Waals surface area contributed by atoms with Gasteiger partial charge >= 0.3 is 5.97 Å². The first kappa shape index (κ1) is 21.9. The number of ether oxygens (including phenoxy) is 1. The van der Waals surface area contributed by atoms with Gasteiger partial charge in [-0.15, -0.1) is 11.3 Å². The summed E-state index contributed by atoms with van der Waals surface area (Å²) in [7, 11) is 1.35. The van der Waals surface area contributed by atoms with Crippen LogP contribution in [0.1, 0.15) is 37.6 Å². The van der Waals surface area contributed by atoms with Crippen molar-refractivity contribution in [3.8, 4) is 11.3 Å². The third-order valence-corrected chi connectivity index (χ3v) is 7.46. The lowest BCUT2D eigenvalue weighted by molar-refractivity contribution is 0.0601. The Labute approximate surface area is 204 Å². The average molecular weight is 497 g/mol. The molecular weight excluding hydrogens is 479 g/mol. The van der Waals surface area contributed by atoms with Crippen LogP contribution in [-0.2, 0) is 17.6 Å². The molecule has 1 aliphatic carbocycles. The minimum absolute atomic E-state index is 0.329. The van der Waals surface area contributed by atoms with E-state index in [4.69, 9.17) is 32.9 Å². The molecule has 8 heteroatoms. The van der Waals surface area contributed by atoms with E-state index < -0.39 is 5.97 Å². The van der Waals surface area contributed by atoms with Gasteiger partial charge in [0, 0.05) is 20.8 Å². The molecule has 0 saturated carbocycles. The fourth-order valence-corrected chi connectivity index (χ4v) is 5.96. The highest BCUT2D eigenvalue weighted by molar-refractivity contribution is 7.17. The van der Waals surface area contributed by atoms with Crippen LogP contribution in [0.4, 0.5) is 5.00 Å². The average Bonchev–Trinajstić information content (AvgIpc) is 3.38. The summed E-state index contributed by atoms with van der Waals surface area (Å²) in [6.07, 6.45) is 2.71. The molecule has 2 aromatic heterocycles. The number of esters is 1. The molecule has 0 unspecified atom stereocenters. The number of nitrogens with one attached hydrogen (secondary N) is 1. The molecule has 5 rings (SSSR count). The van der Waals surface area contributed by atoms with Gasteiger partial charge in [-0.2, -0.15) is 0 Å². The predicted octanol–water partition coefficient (Wildman–Crippen LogP) is 6.80. The van der Waals surface area contributed by atoms with Crippen LogP contribution in [0, 0.1) is 0 Å². The molecule has 1 amide bonds. The third-order valence-electron chi connectivity index (χ3n) is 5.71. The van der Waals surface area contributed by atoms with Gasteiger partial charge in [-0.25, -0.2) is 9.78 Å². The number of nitrogens with zero attached hydrogens (tertiary/aromatic N) is 1. The molecule has 1 aliphatic rings. The monoisotopic (exact) mass is 496 g/mol. The van der Waals surface area contributed by atoms with Crippen LogP contribution in [0.3, 0.4) is 0 Å². The second-order valence-electron chi connectivity index (χ2n) is 7.70. The van der Waals surface area contributed by atoms with Crippen molar-refractivity contribution in [3.05, 3.63) is 80.1 Å². The van der Waals surface area contributed by atoms with E-state index in [1.54, 1.807) is 24.3 Å². The number of thiophene rings is 1. The number of anilines is 1. The molecule has 166 valence electrons. The fourth-order valence-electron chi connectivity index (χ4n) is 4.18. The van der Waals surface area contributed by atoms with E-state index in [1.807, 2.05) is 24.3 Å². The fraction of sp³-hybridized carbons (Fsp3) is 0.160. The first-order chi connectivity index (χ1) is 16.0. The molecule has 4 aromatic rings. The van der Waals surface area contributed by atoms with Gasteiger partial charge in [0.25, 0.3) is 5.91 Å². The van der Waals surface area contributed by atoms with Crippen molar-refractivity contribution in [1.82, 2.24) is 4.98 Å². The number of methoxy groups -OCH3 is 1. The number of carbonyl (C=O) groups excluding carboxylic acids is 2. The first-order valence-corrected chi connectivity index (χ1v) is 11.9. The number of amides is 1. The number of aromatic nitrogens is 1. The van der Waals surface area contributed by atoms with Crippen molar-refractivity contribution in [1.29, 1.82) is 0 Å². The Bertz CT molecular complexity index is 1430. The number of benzene rings is 2. The lowest BCUT2D eigenvalue weighted by Crippen LogP contribution is -2.15. The third kappa shape index (κ3) is 3.99. The summed E-state index contributed by atoms with van der Waals surface area (Å²) in [5.41, 5.74) is 3.77. The Kier molecular flexibility index (Phi) is 5.83. The normalized spacial score (nSPS) is 12.6. The first-order valence-electron chi connectivity index (χ1n) is 10.4. The van der Waals surface area contributed by atoms with Gasteiger partial charge < -0.3 is 10.1 Å². The Morgan fingerprint density at radius 1 is 1.09 bits per heavy atom. The van der Waals surface area contributed by atoms with Gasteiger partial charge in [-0.1, -0.05) is 41.4 Å². The predicted molar refractivity (Wildman–Crippen MR) is 133 cm³/mol. The molecule has 0 aliphatic heterocycles. The summed E-state index contributed by atoms with van der Waals surface area (Å²) in [4.78, 5) is 31.8. The van der Waals surface area contributed by atoms with E-state index in [0.29, 0.717) is 48.3 Å². The molecule has 33 heavy (non-hydrogen) atoms. The van der Waals surface area contributed by atoms with E-state index in [-0.39, 0.29) is 5.91 Å². The number of halogens is 2. The zero-order valence-electron chi connectivity index (χ0n) is 17.6. The van der Waals surface area contributed by atoms with E-state index in [9.17, 15) is 9.59 Å². The Hall–Kier alpha value is -2.93. The minimum atomic E-state index is -0.432. The summed E-state index contributed by atoms with van der Waals surface area (Å²) >= 11 is 13.9. The number of hydrogen-bond acceptors (Lipinski definition) is 5. The minimum Gasteiger partial charge on any atom is -0.465 e. The molecule has 0 saturated heterocycles. The molecule has 5 nitrogen and oxygen atoms in total. The number of fused-ring (bicyclic) bond motifs is 2. The quantitative estimate of drug-likeness (QED) is 0.315. The molecule has 0 bridgehead atoms. The summed E-state index contributed by atoms with van der Waals surface area (Å²) in [5.74, 6) is -0.761. The molecule has 0 radical (unpaired) electrons. The largest absolute Gasteiger partial charge is 0.465 e. The molecule has 2 heterocycles. The van der Waals surface area contributed by atoms with Crippen molar-refractivity contribution in [3.63, 3.8) is 0 Å². The smallest absolute Gasteiger partial charge is 0.341 e. The maximum Gasteiger partial charge on any atom is 0.341 e. The maximum atomic E-state index is 13.5. The van der Waals surface area contributed by atoms with E-state index in [2.05, 4.69) is 5.32 Å². The molecule has 0 fully saturated rings.